The minimum absolute atomic E-state index is 0. The van der Waals surface area contributed by atoms with Crippen molar-refractivity contribution >= 4 is 34.7 Å². The van der Waals surface area contributed by atoms with E-state index in [0.29, 0.717) is 12.4 Å². The van der Waals surface area contributed by atoms with Crippen LogP contribution >= 0.6 is 23.7 Å². The number of nitrogens with zero attached hydrogens (tertiary/aromatic N) is 2. The number of rotatable bonds is 5. The average molecular weight is 348 g/mol. The van der Waals surface area contributed by atoms with Crippen LogP contribution < -0.4 is 10.1 Å². The Balaban J connectivity index is 0.00000192. The third-order valence-corrected chi connectivity index (χ3v) is 3.95. The average Bonchev–Trinajstić information content (AvgIpc) is 2.94. The first-order valence-corrected chi connectivity index (χ1v) is 7.91. The maximum absolute atomic E-state index is 5.93. The van der Waals surface area contributed by atoms with Gasteiger partial charge in [-0.2, -0.15) is 0 Å². The number of nitrogens with one attached hydrogen (secondary N) is 1. The van der Waals surface area contributed by atoms with Gasteiger partial charge in [0.25, 0.3) is 0 Å². The van der Waals surface area contributed by atoms with Gasteiger partial charge in [0.05, 0.1) is 5.69 Å². The van der Waals surface area contributed by atoms with Crippen LogP contribution in [0.15, 0.2) is 48.0 Å². The van der Waals surface area contributed by atoms with Crippen LogP contribution in [0.4, 0.5) is 10.9 Å². The van der Waals surface area contributed by atoms with Crippen LogP contribution in [0, 0.1) is 13.8 Å². The molecule has 0 fully saturated rings. The first-order chi connectivity index (χ1) is 10.7. The van der Waals surface area contributed by atoms with Crippen molar-refractivity contribution in [3.05, 3.63) is 64.8 Å². The molecular formula is C17H18ClN3OS. The lowest BCUT2D eigenvalue weighted by Crippen LogP contribution is -2.01. The quantitative estimate of drug-likeness (QED) is 0.713. The van der Waals surface area contributed by atoms with E-state index < -0.39 is 0 Å². The zero-order valence-corrected chi connectivity index (χ0v) is 14.6. The highest BCUT2D eigenvalue weighted by molar-refractivity contribution is 7.13. The summed E-state index contributed by atoms with van der Waals surface area (Å²) < 4.78 is 5.93. The van der Waals surface area contributed by atoms with E-state index >= 15 is 0 Å². The van der Waals surface area contributed by atoms with Gasteiger partial charge in [-0.3, -0.25) is 0 Å². The predicted molar refractivity (Wildman–Crippen MR) is 97.1 cm³/mol. The number of ether oxygens (including phenoxy) is 1. The van der Waals surface area contributed by atoms with Gasteiger partial charge in [0.2, 0.25) is 0 Å². The fourth-order valence-corrected chi connectivity index (χ4v) is 2.68. The van der Waals surface area contributed by atoms with E-state index in [-0.39, 0.29) is 12.4 Å². The van der Waals surface area contributed by atoms with Crippen molar-refractivity contribution in [3.63, 3.8) is 0 Å². The molecule has 23 heavy (non-hydrogen) atoms. The summed E-state index contributed by atoms with van der Waals surface area (Å²) in [6, 6.07) is 12.1. The Morgan fingerprint density at radius 1 is 1.17 bits per heavy atom. The smallest absolute Gasteiger partial charge is 0.188 e. The normalized spacial score (nSPS) is 10.0. The highest BCUT2D eigenvalue weighted by Crippen LogP contribution is 2.28. The zero-order valence-electron chi connectivity index (χ0n) is 12.9. The Morgan fingerprint density at radius 2 is 1.96 bits per heavy atom. The molecule has 0 aliphatic heterocycles. The Hall–Kier alpha value is -2.11. The minimum Gasteiger partial charge on any atom is -0.485 e. The molecule has 3 aromatic rings. The Morgan fingerprint density at radius 3 is 2.65 bits per heavy atom. The molecule has 0 spiro atoms. The molecule has 2 aromatic heterocycles. The van der Waals surface area contributed by atoms with Gasteiger partial charge in [0, 0.05) is 11.6 Å². The number of halogens is 1. The molecule has 1 aromatic carbocycles. The van der Waals surface area contributed by atoms with Crippen molar-refractivity contribution < 1.29 is 4.74 Å². The lowest BCUT2D eigenvalue weighted by molar-refractivity contribution is 0.306. The second kappa shape index (κ2) is 7.94. The molecule has 3 rings (SSSR count). The number of thiazole rings is 1. The maximum Gasteiger partial charge on any atom is 0.188 e. The summed E-state index contributed by atoms with van der Waals surface area (Å²) in [6.07, 6.45) is 1.82. The highest BCUT2D eigenvalue weighted by Gasteiger charge is 2.09. The van der Waals surface area contributed by atoms with Crippen LogP contribution in [0.5, 0.6) is 5.75 Å². The number of aryl methyl sites for hydroxylation is 2. The summed E-state index contributed by atoms with van der Waals surface area (Å²) in [5, 5.41) is 6.05. The van der Waals surface area contributed by atoms with Crippen molar-refractivity contribution in [2.45, 2.75) is 20.5 Å². The molecule has 1 N–H and O–H groups in total. The van der Waals surface area contributed by atoms with Crippen molar-refractivity contribution in [3.8, 4) is 5.75 Å². The molecule has 0 saturated carbocycles. The standard InChI is InChI=1S/C17H17N3OS.ClH/c1-12-8-15(21-10-14-6-4-3-5-7-14)16(18-9-12)20-17-19-13(2)11-22-17;/h3-9,11H,10H2,1-2H3,(H,18,19,20);1H. The van der Waals surface area contributed by atoms with Crippen LogP contribution in [-0.4, -0.2) is 9.97 Å². The van der Waals surface area contributed by atoms with Crippen molar-refractivity contribution in [2.24, 2.45) is 0 Å². The molecule has 0 bridgehead atoms. The molecule has 0 atom stereocenters. The summed E-state index contributed by atoms with van der Waals surface area (Å²) in [5.41, 5.74) is 3.18. The molecule has 0 aliphatic rings. The van der Waals surface area contributed by atoms with E-state index in [4.69, 9.17) is 4.74 Å². The first kappa shape index (κ1) is 17.2. The van der Waals surface area contributed by atoms with Gasteiger partial charge in [-0.1, -0.05) is 30.3 Å². The SMILES string of the molecule is Cc1cnc(Nc2nc(C)cs2)c(OCc2ccccc2)c1.Cl. The van der Waals surface area contributed by atoms with E-state index in [1.54, 1.807) is 11.3 Å². The van der Waals surface area contributed by atoms with Crippen LogP contribution in [0.3, 0.4) is 0 Å². The van der Waals surface area contributed by atoms with Gasteiger partial charge in [-0.05, 0) is 31.0 Å². The second-order valence-corrected chi connectivity index (χ2v) is 5.91. The van der Waals surface area contributed by atoms with E-state index in [2.05, 4.69) is 15.3 Å². The van der Waals surface area contributed by atoms with Crippen LogP contribution in [0.2, 0.25) is 0 Å². The summed E-state index contributed by atoms with van der Waals surface area (Å²) >= 11 is 1.55. The summed E-state index contributed by atoms with van der Waals surface area (Å²) in [5.74, 6) is 1.42. The van der Waals surface area contributed by atoms with E-state index in [9.17, 15) is 0 Å². The van der Waals surface area contributed by atoms with Crippen molar-refractivity contribution in [2.75, 3.05) is 5.32 Å². The monoisotopic (exact) mass is 347 g/mol. The molecule has 0 amide bonds. The van der Waals surface area contributed by atoms with E-state index in [1.807, 2.05) is 61.8 Å². The summed E-state index contributed by atoms with van der Waals surface area (Å²) in [7, 11) is 0. The van der Waals surface area contributed by atoms with Gasteiger partial charge in [0.15, 0.2) is 16.7 Å². The minimum atomic E-state index is 0. The number of hydrogen-bond acceptors (Lipinski definition) is 5. The van der Waals surface area contributed by atoms with Gasteiger partial charge in [-0.15, -0.1) is 23.7 Å². The maximum atomic E-state index is 5.93. The van der Waals surface area contributed by atoms with Crippen LogP contribution in [0.25, 0.3) is 0 Å². The topological polar surface area (TPSA) is 47.0 Å². The molecule has 0 saturated heterocycles. The molecule has 0 unspecified atom stereocenters. The third-order valence-electron chi connectivity index (χ3n) is 3.07. The lowest BCUT2D eigenvalue weighted by Gasteiger charge is -2.12. The van der Waals surface area contributed by atoms with Crippen molar-refractivity contribution in [1.29, 1.82) is 0 Å². The molecule has 0 radical (unpaired) electrons. The Bertz CT molecular complexity index is 762. The molecule has 120 valence electrons. The Labute approximate surface area is 146 Å². The van der Waals surface area contributed by atoms with Gasteiger partial charge in [0.1, 0.15) is 6.61 Å². The van der Waals surface area contributed by atoms with Crippen LogP contribution in [0.1, 0.15) is 16.8 Å². The first-order valence-electron chi connectivity index (χ1n) is 7.03. The van der Waals surface area contributed by atoms with Crippen LogP contribution in [-0.2, 0) is 6.61 Å². The zero-order chi connectivity index (χ0) is 15.4. The number of anilines is 2. The lowest BCUT2D eigenvalue weighted by atomic mass is 10.2. The summed E-state index contributed by atoms with van der Waals surface area (Å²) in [4.78, 5) is 8.83. The molecular weight excluding hydrogens is 330 g/mol. The summed E-state index contributed by atoms with van der Waals surface area (Å²) in [6.45, 7) is 4.48. The third kappa shape index (κ3) is 4.68. The molecule has 4 nitrogen and oxygen atoms in total. The number of hydrogen-bond donors (Lipinski definition) is 1. The molecule has 2 heterocycles. The van der Waals surface area contributed by atoms with Gasteiger partial charge in [-0.25, -0.2) is 9.97 Å². The number of aromatic nitrogens is 2. The number of pyridine rings is 1. The number of benzene rings is 1. The molecule has 0 aliphatic carbocycles. The second-order valence-electron chi connectivity index (χ2n) is 5.05. The van der Waals surface area contributed by atoms with Gasteiger partial charge < -0.3 is 10.1 Å². The largest absolute Gasteiger partial charge is 0.485 e. The fourth-order valence-electron chi connectivity index (χ4n) is 1.99. The predicted octanol–water partition coefficient (Wildman–Crippen LogP) is 4.90. The van der Waals surface area contributed by atoms with Crippen molar-refractivity contribution in [1.82, 2.24) is 9.97 Å². The van der Waals surface area contributed by atoms with E-state index in [1.165, 1.54) is 0 Å². The molecule has 6 heteroatoms. The highest BCUT2D eigenvalue weighted by atomic mass is 35.5. The van der Waals surface area contributed by atoms with Gasteiger partial charge >= 0.3 is 0 Å². The van der Waals surface area contributed by atoms with E-state index in [0.717, 1.165) is 27.7 Å². The fraction of sp³-hybridized carbons (Fsp3) is 0.176. The Kier molecular flexibility index (Phi) is 5.96.